The molecule has 1 aromatic carbocycles. The Kier molecular flexibility index (Phi) is 7.52. The Morgan fingerprint density at radius 3 is 2.56 bits per heavy atom. The van der Waals surface area contributed by atoms with Gasteiger partial charge in [0, 0.05) is 43.0 Å². The number of hydrogen-bond donors (Lipinski definition) is 0. The van der Waals surface area contributed by atoms with Gasteiger partial charge >= 0.3 is 0 Å². The van der Waals surface area contributed by atoms with Crippen LogP contribution in [0.15, 0.2) is 28.7 Å². The molecular weight excluding hydrogens is 412 g/mol. The van der Waals surface area contributed by atoms with Gasteiger partial charge in [-0.2, -0.15) is 0 Å². The lowest BCUT2D eigenvalue weighted by Crippen LogP contribution is -2.47. The third-order valence-corrected chi connectivity index (χ3v) is 5.61. The molecule has 2 saturated heterocycles. The first kappa shape index (κ1) is 20.1. The van der Waals surface area contributed by atoms with Gasteiger partial charge in [-0.15, -0.1) is 0 Å². The first-order valence-corrected chi connectivity index (χ1v) is 10.5. The molecule has 0 spiro atoms. The highest BCUT2D eigenvalue weighted by Crippen LogP contribution is 2.21. The summed E-state index contributed by atoms with van der Waals surface area (Å²) in [7, 11) is 0. The topological polar surface area (TPSA) is 59.1 Å². The SMILES string of the molecule is O=C(CCCOc1cccc(Br)c1)N1CCC(C(=O)N2CCOCC2)CC1. The Labute approximate surface area is 168 Å². The summed E-state index contributed by atoms with van der Waals surface area (Å²) in [5.41, 5.74) is 0. The Morgan fingerprint density at radius 1 is 1.11 bits per heavy atom. The van der Waals surface area contributed by atoms with Gasteiger partial charge < -0.3 is 19.3 Å². The van der Waals surface area contributed by atoms with Crippen LogP contribution >= 0.6 is 15.9 Å². The Hall–Kier alpha value is -1.60. The predicted octanol–water partition coefficient (Wildman–Crippen LogP) is 2.71. The van der Waals surface area contributed by atoms with Crippen LogP contribution in [0.1, 0.15) is 25.7 Å². The zero-order chi connectivity index (χ0) is 19.1. The highest BCUT2D eigenvalue weighted by atomic mass is 79.9. The summed E-state index contributed by atoms with van der Waals surface area (Å²) >= 11 is 3.41. The van der Waals surface area contributed by atoms with E-state index in [0.29, 0.717) is 58.8 Å². The van der Waals surface area contributed by atoms with Gasteiger partial charge in [-0.1, -0.05) is 22.0 Å². The minimum Gasteiger partial charge on any atom is -0.494 e. The monoisotopic (exact) mass is 438 g/mol. The van der Waals surface area contributed by atoms with Crippen molar-refractivity contribution in [2.24, 2.45) is 5.92 Å². The second-order valence-corrected chi connectivity index (χ2v) is 7.92. The molecule has 0 saturated carbocycles. The molecule has 7 heteroatoms. The van der Waals surface area contributed by atoms with Crippen LogP contribution in [0.5, 0.6) is 5.75 Å². The van der Waals surface area contributed by atoms with Crippen molar-refractivity contribution in [3.8, 4) is 5.75 Å². The van der Waals surface area contributed by atoms with E-state index in [0.717, 1.165) is 23.1 Å². The number of benzene rings is 1. The van der Waals surface area contributed by atoms with Crippen LogP contribution in [0.4, 0.5) is 0 Å². The van der Waals surface area contributed by atoms with Crippen LogP contribution in [0.3, 0.4) is 0 Å². The van der Waals surface area contributed by atoms with Gasteiger partial charge in [0.25, 0.3) is 0 Å². The molecule has 2 aliphatic rings. The molecule has 0 radical (unpaired) electrons. The number of carbonyl (C=O) groups is 2. The van der Waals surface area contributed by atoms with E-state index in [9.17, 15) is 9.59 Å². The maximum atomic E-state index is 12.5. The Bertz CT molecular complexity index is 641. The molecule has 0 bridgehead atoms. The van der Waals surface area contributed by atoms with Crippen molar-refractivity contribution in [2.45, 2.75) is 25.7 Å². The number of likely N-dealkylation sites (tertiary alicyclic amines) is 1. The van der Waals surface area contributed by atoms with Gasteiger partial charge in [-0.05, 0) is 37.5 Å². The molecule has 1 aromatic rings. The van der Waals surface area contributed by atoms with Gasteiger partial charge in [0.2, 0.25) is 11.8 Å². The summed E-state index contributed by atoms with van der Waals surface area (Å²) in [5, 5.41) is 0. The van der Waals surface area contributed by atoms with E-state index < -0.39 is 0 Å². The number of nitrogens with zero attached hydrogens (tertiary/aromatic N) is 2. The fourth-order valence-corrected chi connectivity index (χ4v) is 3.92. The van der Waals surface area contributed by atoms with Crippen LogP contribution < -0.4 is 4.74 Å². The van der Waals surface area contributed by atoms with Crippen LogP contribution in [0, 0.1) is 5.92 Å². The lowest BCUT2D eigenvalue weighted by Gasteiger charge is -2.35. The molecule has 0 atom stereocenters. The van der Waals surface area contributed by atoms with Crippen molar-refractivity contribution in [1.29, 1.82) is 0 Å². The van der Waals surface area contributed by atoms with E-state index in [2.05, 4.69) is 15.9 Å². The van der Waals surface area contributed by atoms with Crippen LogP contribution in [0.2, 0.25) is 0 Å². The highest BCUT2D eigenvalue weighted by Gasteiger charge is 2.30. The number of carbonyl (C=O) groups excluding carboxylic acids is 2. The molecule has 2 fully saturated rings. The zero-order valence-electron chi connectivity index (χ0n) is 15.6. The minimum atomic E-state index is 0.0482. The van der Waals surface area contributed by atoms with Crippen molar-refractivity contribution in [2.75, 3.05) is 46.0 Å². The first-order chi connectivity index (χ1) is 13.1. The van der Waals surface area contributed by atoms with Crippen LogP contribution in [-0.2, 0) is 14.3 Å². The van der Waals surface area contributed by atoms with Crippen LogP contribution in [-0.4, -0.2) is 67.6 Å². The molecule has 27 heavy (non-hydrogen) atoms. The number of piperidine rings is 1. The molecule has 3 rings (SSSR count). The van der Waals surface area contributed by atoms with E-state index >= 15 is 0 Å². The Balaban J connectivity index is 1.34. The fraction of sp³-hybridized carbons (Fsp3) is 0.600. The largest absolute Gasteiger partial charge is 0.494 e. The number of ether oxygens (including phenoxy) is 2. The molecule has 2 amide bonds. The summed E-state index contributed by atoms with van der Waals surface area (Å²) < 4.78 is 12.0. The second kappa shape index (κ2) is 10.1. The molecule has 2 aliphatic heterocycles. The molecule has 2 heterocycles. The average Bonchev–Trinajstić information content (AvgIpc) is 2.71. The summed E-state index contributed by atoms with van der Waals surface area (Å²) in [5.74, 6) is 1.24. The van der Waals surface area contributed by atoms with Crippen LogP contribution in [0.25, 0.3) is 0 Å². The normalized spacial score (nSPS) is 18.4. The average molecular weight is 439 g/mol. The molecule has 0 N–H and O–H groups in total. The van der Waals surface area contributed by atoms with Gasteiger partial charge in [0.05, 0.1) is 19.8 Å². The first-order valence-electron chi connectivity index (χ1n) is 9.66. The van der Waals surface area contributed by atoms with E-state index in [-0.39, 0.29) is 17.7 Å². The molecule has 0 aliphatic carbocycles. The van der Waals surface area contributed by atoms with Crippen molar-refractivity contribution in [1.82, 2.24) is 9.80 Å². The van der Waals surface area contributed by atoms with Crippen molar-refractivity contribution >= 4 is 27.7 Å². The summed E-state index contributed by atoms with van der Waals surface area (Å²) in [6, 6.07) is 7.69. The van der Waals surface area contributed by atoms with E-state index in [1.807, 2.05) is 34.1 Å². The second-order valence-electron chi connectivity index (χ2n) is 7.00. The Morgan fingerprint density at radius 2 is 1.85 bits per heavy atom. The molecule has 0 aromatic heterocycles. The standard InChI is InChI=1S/C20H27BrN2O4/c21-17-3-1-4-18(15-17)27-12-2-5-19(24)22-8-6-16(7-9-22)20(25)23-10-13-26-14-11-23/h1,3-4,15-16H,2,5-14H2. The van der Waals surface area contributed by atoms with E-state index in [1.165, 1.54) is 0 Å². The lowest BCUT2D eigenvalue weighted by atomic mass is 9.95. The van der Waals surface area contributed by atoms with Gasteiger partial charge in [0.1, 0.15) is 5.75 Å². The van der Waals surface area contributed by atoms with Crippen molar-refractivity contribution in [3.63, 3.8) is 0 Å². The number of rotatable bonds is 6. The summed E-state index contributed by atoms with van der Waals surface area (Å²) in [6.07, 6.45) is 2.70. The lowest BCUT2D eigenvalue weighted by molar-refractivity contribution is -0.143. The quantitative estimate of drug-likeness (QED) is 0.640. The van der Waals surface area contributed by atoms with Crippen molar-refractivity contribution in [3.05, 3.63) is 28.7 Å². The predicted molar refractivity (Wildman–Crippen MR) is 106 cm³/mol. The van der Waals surface area contributed by atoms with E-state index in [4.69, 9.17) is 9.47 Å². The molecule has 0 unspecified atom stereocenters. The maximum absolute atomic E-state index is 12.5. The number of hydrogen-bond acceptors (Lipinski definition) is 4. The van der Waals surface area contributed by atoms with E-state index in [1.54, 1.807) is 0 Å². The number of morpholine rings is 1. The molecular formula is C20H27BrN2O4. The third kappa shape index (κ3) is 5.94. The maximum Gasteiger partial charge on any atom is 0.225 e. The highest BCUT2D eigenvalue weighted by molar-refractivity contribution is 9.10. The number of amides is 2. The summed E-state index contributed by atoms with van der Waals surface area (Å²) in [4.78, 5) is 28.7. The third-order valence-electron chi connectivity index (χ3n) is 5.12. The number of halogens is 1. The molecule has 148 valence electrons. The zero-order valence-corrected chi connectivity index (χ0v) is 17.2. The molecule has 6 nitrogen and oxygen atoms in total. The fourth-order valence-electron chi connectivity index (χ4n) is 3.55. The van der Waals surface area contributed by atoms with Gasteiger partial charge in [0.15, 0.2) is 0 Å². The van der Waals surface area contributed by atoms with Gasteiger partial charge in [-0.3, -0.25) is 9.59 Å². The smallest absolute Gasteiger partial charge is 0.225 e. The summed E-state index contributed by atoms with van der Waals surface area (Å²) in [6.45, 7) is 4.51. The van der Waals surface area contributed by atoms with Crippen molar-refractivity contribution < 1.29 is 19.1 Å². The minimum absolute atomic E-state index is 0.0482. The van der Waals surface area contributed by atoms with Gasteiger partial charge in [-0.25, -0.2) is 0 Å².